The molecule has 1 rings (SSSR count). The van der Waals surface area contributed by atoms with Crippen LogP contribution in [-0.2, 0) is 4.79 Å². The fourth-order valence-electron chi connectivity index (χ4n) is 1.26. The standard InChI is InChI=1S/C12H14BrNO4/c1-7(2)14-11(15)6-18-10-4-3-8(12(16)17)5-9(10)13/h3-5,7H,6H2,1-2H3,(H,14,15)(H,16,17). The molecule has 5 nitrogen and oxygen atoms in total. The fraction of sp³-hybridized carbons (Fsp3) is 0.333. The maximum Gasteiger partial charge on any atom is 0.335 e. The summed E-state index contributed by atoms with van der Waals surface area (Å²) in [4.78, 5) is 22.1. The van der Waals surface area contributed by atoms with E-state index >= 15 is 0 Å². The molecule has 0 radical (unpaired) electrons. The summed E-state index contributed by atoms with van der Waals surface area (Å²) in [5, 5.41) is 11.5. The van der Waals surface area contributed by atoms with E-state index in [-0.39, 0.29) is 24.1 Å². The van der Waals surface area contributed by atoms with Crippen molar-refractivity contribution in [3.8, 4) is 5.75 Å². The Morgan fingerprint density at radius 3 is 2.61 bits per heavy atom. The lowest BCUT2D eigenvalue weighted by atomic mass is 10.2. The van der Waals surface area contributed by atoms with Gasteiger partial charge in [0.1, 0.15) is 5.75 Å². The second kappa shape index (κ2) is 6.39. The molecule has 1 amide bonds. The van der Waals surface area contributed by atoms with Crippen LogP contribution in [0.15, 0.2) is 22.7 Å². The molecule has 98 valence electrons. The Labute approximate surface area is 113 Å². The van der Waals surface area contributed by atoms with E-state index in [1.165, 1.54) is 18.2 Å². The molecular weight excluding hydrogens is 302 g/mol. The van der Waals surface area contributed by atoms with Crippen LogP contribution in [-0.4, -0.2) is 29.6 Å². The second-order valence-corrected chi connectivity index (χ2v) is 4.82. The van der Waals surface area contributed by atoms with E-state index in [1.807, 2.05) is 13.8 Å². The molecule has 0 bridgehead atoms. The highest BCUT2D eigenvalue weighted by Gasteiger charge is 2.09. The summed E-state index contributed by atoms with van der Waals surface area (Å²) in [5.74, 6) is -0.807. The maximum absolute atomic E-state index is 11.4. The number of halogens is 1. The van der Waals surface area contributed by atoms with Crippen LogP contribution in [0.4, 0.5) is 0 Å². The Morgan fingerprint density at radius 2 is 2.11 bits per heavy atom. The Balaban J connectivity index is 2.63. The van der Waals surface area contributed by atoms with Crippen molar-refractivity contribution in [2.75, 3.05) is 6.61 Å². The fourth-order valence-corrected chi connectivity index (χ4v) is 1.75. The first kappa shape index (κ1) is 14.5. The van der Waals surface area contributed by atoms with Gasteiger partial charge in [0.15, 0.2) is 6.61 Å². The van der Waals surface area contributed by atoms with Crippen molar-refractivity contribution in [2.45, 2.75) is 19.9 Å². The molecule has 6 heteroatoms. The summed E-state index contributed by atoms with van der Waals surface area (Å²) in [6.45, 7) is 3.61. The number of benzene rings is 1. The highest BCUT2D eigenvalue weighted by molar-refractivity contribution is 9.10. The number of carboxylic acids is 1. The largest absolute Gasteiger partial charge is 0.483 e. The van der Waals surface area contributed by atoms with Crippen LogP contribution < -0.4 is 10.1 Å². The van der Waals surface area contributed by atoms with Crippen molar-refractivity contribution in [1.29, 1.82) is 0 Å². The third-order valence-corrected chi connectivity index (χ3v) is 2.61. The second-order valence-electron chi connectivity index (χ2n) is 3.96. The van der Waals surface area contributed by atoms with Gasteiger partial charge in [-0.05, 0) is 48.0 Å². The Bertz CT molecular complexity index is 459. The number of hydrogen-bond donors (Lipinski definition) is 2. The summed E-state index contributed by atoms with van der Waals surface area (Å²) in [6, 6.07) is 4.41. The highest BCUT2D eigenvalue weighted by atomic mass is 79.9. The number of hydrogen-bond acceptors (Lipinski definition) is 3. The van der Waals surface area contributed by atoms with Crippen molar-refractivity contribution in [1.82, 2.24) is 5.32 Å². The highest BCUT2D eigenvalue weighted by Crippen LogP contribution is 2.25. The molecule has 1 aromatic rings. The zero-order chi connectivity index (χ0) is 13.7. The summed E-state index contributed by atoms with van der Waals surface area (Å²) >= 11 is 3.20. The van der Waals surface area contributed by atoms with Crippen molar-refractivity contribution in [3.05, 3.63) is 28.2 Å². The van der Waals surface area contributed by atoms with E-state index < -0.39 is 5.97 Å². The zero-order valence-electron chi connectivity index (χ0n) is 10.1. The lowest BCUT2D eigenvalue weighted by molar-refractivity contribution is -0.123. The predicted octanol–water partition coefficient (Wildman–Crippen LogP) is 2.05. The molecule has 0 atom stereocenters. The summed E-state index contributed by atoms with van der Waals surface area (Å²) < 4.78 is 5.78. The average molecular weight is 316 g/mol. The Kier molecular flexibility index (Phi) is 5.15. The lowest BCUT2D eigenvalue weighted by Crippen LogP contribution is -2.34. The molecule has 18 heavy (non-hydrogen) atoms. The number of ether oxygens (including phenoxy) is 1. The van der Waals surface area contributed by atoms with Crippen molar-refractivity contribution >= 4 is 27.8 Å². The number of carbonyl (C=O) groups is 2. The van der Waals surface area contributed by atoms with Gasteiger partial charge in [0, 0.05) is 6.04 Å². The van der Waals surface area contributed by atoms with Crippen LogP contribution in [0.3, 0.4) is 0 Å². The van der Waals surface area contributed by atoms with E-state index in [0.29, 0.717) is 10.2 Å². The first-order valence-electron chi connectivity index (χ1n) is 5.35. The minimum Gasteiger partial charge on any atom is -0.483 e. The first-order valence-corrected chi connectivity index (χ1v) is 6.14. The molecule has 0 fully saturated rings. The normalized spacial score (nSPS) is 10.2. The van der Waals surface area contributed by atoms with Gasteiger partial charge in [-0.15, -0.1) is 0 Å². The van der Waals surface area contributed by atoms with Crippen LogP contribution in [0.5, 0.6) is 5.75 Å². The zero-order valence-corrected chi connectivity index (χ0v) is 11.7. The molecule has 0 saturated carbocycles. The number of rotatable bonds is 5. The Morgan fingerprint density at radius 1 is 1.44 bits per heavy atom. The van der Waals surface area contributed by atoms with Gasteiger partial charge in [0.2, 0.25) is 0 Å². The first-order chi connectivity index (χ1) is 8.40. The van der Waals surface area contributed by atoms with Gasteiger partial charge in [-0.25, -0.2) is 4.79 Å². The molecule has 0 aliphatic rings. The molecule has 0 saturated heterocycles. The molecule has 2 N–H and O–H groups in total. The molecule has 0 unspecified atom stereocenters. The van der Waals surface area contributed by atoms with Gasteiger partial charge in [0.05, 0.1) is 10.0 Å². The van der Waals surface area contributed by atoms with Gasteiger partial charge >= 0.3 is 5.97 Å². The van der Waals surface area contributed by atoms with Crippen LogP contribution in [0.25, 0.3) is 0 Å². The molecule has 0 aliphatic heterocycles. The Hall–Kier alpha value is -1.56. The van der Waals surface area contributed by atoms with Gasteiger partial charge in [-0.1, -0.05) is 0 Å². The summed E-state index contributed by atoms with van der Waals surface area (Å²) in [7, 11) is 0. The minimum atomic E-state index is -1.01. The van der Waals surface area contributed by atoms with E-state index in [4.69, 9.17) is 9.84 Å². The van der Waals surface area contributed by atoms with Crippen LogP contribution >= 0.6 is 15.9 Å². The van der Waals surface area contributed by atoms with Gasteiger partial charge in [-0.2, -0.15) is 0 Å². The topological polar surface area (TPSA) is 75.6 Å². The SMILES string of the molecule is CC(C)NC(=O)COc1ccc(C(=O)O)cc1Br. The number of nitrogens with one attached hydrogen (secondary N) is 1. The molecule has 0 heterocycles. The molecule has 0 spiro atoms. The molecule has 1 aromatic carbocycles. The predicted molar refractivity (Wildman–Crippen MR) is 69.9 cm³/mol. The lowest BCUT2D eigenvalue weighted by Gasteiger charge is -2.11. The van der Waals surface area contributed by atoms with Crippen molar-refractivity contribution in [2.24, 2.45) is 0 Å². The maximum atomic E-state index is 11.4. The van der Waals surface area contributed by atoms with Crippen LogP contribution in [0, 0.1) is 0 Å². The number of carbonyl (C=O) groups excluding carboxylic acids is 1. The van der Waals surface area contributed by atoms with Crippen molar-refractivity contribution in [3.63, 3.8) is 0 Å². The van der Waals surface area contributed by atoms with Crippen LogP contribution in [0.1, 0.15) is 24.2 Å². The quantitative estimate of drug-likeness (QED) is 0.872. The van der Waals surface area contributed by atoms with E-state index in [9.17, 15) is 9.59 Å². The van der Waals surface area contributed by atoms with Gasteiger partial charge < -0.3 is 15.2 Å². The van der Waals surface area contributed by atoms with Gasteiger partial charge in [0.25, 0.3) is 5.91 Å². The average Bonchev–Trinajstić information content (AvgIpc) is 2.26. The van der Waals surface area contributed by atoms with Crippen molar-refractivity contribution < 1.29 is 19.4 Å². The summed E-state index contributed by atoms with van der Waals surface area (Å²) in [5.41, 5.74) is 0.154. The number of aromatic carboxylic acids is 1. The molecular formula is C12H14BrNO4. The van der Waals surface area contributed by atoms with E-state index in [2.05, 4.69) is 21.2 Å². The van der Waals surface area contributed by atoms with E-state index in [1.54, 1.807) is 0 Å². The third kappa shape index (κ3) is 4.37. The third-order valence-electron chi connectivity index (χ3n) is 1.99. The monoisotopic (exact) mass is 315 g/mol. The molecule has 0 aliphatic carbocycles. The van der Waals surface area contributed by atoms with E-state index in [0.717, 1.165) is 0 Å². The van der Waals surface area contributed by atoms with Gasteiger partial charge in [-0.3, -0.25) is 4.79 Å². The van der Waals surface area contributed by atoms with Crippen LogP contribution in [0.2, 0.25) is 0 Å². The number of carboxylic acid groups (broad SMARTS) is 1. The minimum absolute atomic E-state index is 0.0546. The smallest absolute Gasteiger partial charge is 0.335 e. The molecule has 0 aromatic heterocycles. The number of amides is 1. The summed E-state index contributed by atoms with van der Waals surface area (Å²) in [6.07, 6.45) is 0.